The topological polar surface area (TPSA) is 98.0 Å². The molecule has 5 nitrogen and oxygen atoms in total. The van der Waals surface area contributed by atoms with E-state index in [2.05, 4.69) is 20.8 Å². The SMILES string of the molecule is CC(CCC(=O)O)[C@H]1CCC2C3C(C[C@H](O)[C@@]21C)[C@@]1(C)CC[C@@H](O)C[C@H]1C[C@H]3O. The Kier molecular flexibility index (Phi) is 5.57. The van der Waals surface area contributed by atoms with Gasteiger partial charge in [-0.1, -0.05) is 20.8 Å². The van der Waals surface area contributed by atoms with Crippen LogP contribution in [0.1, 0.15) is 78.6 Å². The van der Waals surface area contributed by atoms with Gasteiger partial charge in [-0.2, -0.15) is 0 Å². The van der Waals surface area contributed by atoms with E-state index < -0.39 is 12.1 Å². The molecule has 4 aliphatic carbocycles. The first-order valence-electron chi connectivity index (χ1n) is 11.8. The minimum absolute atomic E-state index is 0.0957. The van der Waals surface area contributed by atoms with Crippen molar-refractivity contribution in [1.82, 2.24) is 0 Å². The van der Waals surface area contributed by atoms with Gasteiger partial charge in [0.2, 0.25) is 0 Å². The van der Waals surface area contributed by atoms with Crippen molar-refractivity contribution in [2.45, 2.75) is 96.9 Å². The van der Waals surface area contributed by atoms with Crippen LogP contribution in [0, 0.1) is 46.3 Å². The smallest absolute Gasteiger partial charge is 0.303 e. The standard InChI is InChI=1S/C24H40O5/c1-13(4-7-21(28)29)16-5-6-17-22-18(12-20(27)24(16,17)3)23(2)9-8-15(25)10-14(23)11-19(22)26/h13-20,22,25-27H,4-12H2,1-3H3,(H,28,29)/t13?,14-,15+,16+,17?,18?,19+,20-,22?,23-,24+/m0/s1. The third-order valence-electron chi connectivity index (χ3n) is 10.3. The van der Waals surface area contributed by atoms with Gasteiger partial charge in [-0.25, -0.2) is 0 Å². The Hall–Kier alpha value is -0.650. The molecular weight excluding hydrogens is 368 g/mol. The summed E-state index contributed by atoms with van der Waals surface area (Å²) in [5.41, 5.74) is -0.143. The molecule has 0 bridgehead atoms. The van der Waals surface area contributed by atoms with Gasteiger partial charge in [0.1, 0.15) is 0 Å². The summed E-state index contributed by atoms with van der Waals surface area (Å²) in [6.07, 6.45) is 6.00. The number of fused-ring (bicyclic) bond motifs is 5. The Morgan fingerprint density at radius 3 is 2.45 bits per heavy atom. The van der Waals surface area contributed by atoms with Crippen LogP contribution >= 0.6 is 0 Å². The molecule has 29 heavy (non-hydrogen) atoms. The van der Waals surface area contributed by atoms with Crippen LogP contribution in [-0.4, -0.2) is 44.7 Å². The van der Waals surface area contributed by atoms with Gasteiger partial charge in [0.15, 0.2) is 0 Å². The molecule has 4 saturated carbocycles. The number of hydrogen-bond acceptors (Lipinski definition) is 4. The van der Waals surface area contributed by atoms with Crippen molar-refractivity contribution in [3.63, 3.8) is 0 Å². The summed E-state index contributed by atoms with van der Waals surface area (Å²) in [7, 11) is 0. The van der Waals surface area contributed by atoms with E-state index in [0.717, 1.165) is 44.9 Å². The van der Waals surface area contributed by atoms with Crippen molar-refractivity contribution >= 4 is 5.97 Å². The van der Waals surface area contributed by atoms with Crippen molar-refractivity contribution in [2.75, 3.05) is 0 Å². The van der Waals surface area contributed by atoms with Gasteiger partial charge in [-0.05, 0) is 97.7 Å². The average Bonchev–Trinajstić information content (AvgIpc) is 3.01. The van der Waals surface area contributed by atoms with E-state index in [-0.39, 0.29) is 41.3 Å². The van der Waals surface area contributed by atoms with Crippen molar-refractivity contribution < 1.29 is 25.2 Å². The minimum Gasteiger partial charge on any atom is -0.481 e. The lowest BCUT2D eigenvalue weighted by atomic mass is 9.43. The first-order chi connectivity index (χ1) is 13.6. The summed E-state index contributed by atoms with van der Waals surface area (Å²) in [5, 5.41) is 42.0. The predicted octanol–water partition coefficient (Wildman–Crippen LogP) is 3.45. The number of aliphatic hydroxyl groups is 3. The quantitative estimate of drug-likeness (QED) is 0.571. The second-order valence-electron chi connectivity index (χ2n) is 11.4. The van der Waals surface area contributed by atoms with E-state index in [1.165, 1.54) is 0 Å². The summed E-state index contributed by atoms with van der Waals surface area (Å²) >= 11 is 0. The molecule has 4 rings (SSSR count). The summed E-state index contributed by atoms with van der Waals surface area (Å²) in [6, 6.07) is 0. The number of rotatable bonds is 4. The van der Waals surface area contributed by atoms with Gasteiger partial charge < -0.3 is 20.4 Å². The van der Waals surface area contributed by atoms with Crippen LogP contribution in [0.4, 0.5) is 0 Å². The van der Waals surface area contributed by atoms with Gasteiger partial charge in [0, 0.05) is 6.42 Å². The first-order valence-corrected chi connectivity index (χ1v) is 11.8. The number of carboxylic acids is 1. The molecule has 0 amide bonds. The van der Waals surface area contributed by atoms with E-state index in [0.29, 0.717) is 30.1 Å². The maximum Gasteiger partial charge on any atom is 0.303 e. The third-order valence-corrected chi connectivity index (χ3v) is 10.3. The molecule has 4 unspecified atom stereocenters. The molecule has 4 aliphatic rings. The van der Waals surface area contributed by atoms with E-state index in [9.17, 15) is 20.1 Å². The van der Waals surface area contributed by atoms with E-state index >= 15 is 0 Å². The third kappa shape index (κ3) is 3.27. The summed E-state index contributed by atoms with van der Waals surface area (Å²) in [6.45, 7) is 6.72. The second-order valence-corrected chi connectivity index (χ2v) is 11.4. The minimum atomic E-state index is -0.748. The molecule has 0 spiro atoms. The van der Waals surface area contributed by atoms with Crippen molar-refractivity contribution in [1.29, 1.82) is 0 Å². The highest BCUT2D eigenvalue weighted by molar-refractivity contribution is 5.66. The van der Waals surface area contributed by atoms with Crippen LogP contribution in [0.2, 0.25) is 0 Å². The zero-order chi connectivity index (χ0) is 21.1. The molecule has 0 aliphatic heterocycles. The van der Waals surface area contributed by atoms with E-state index in [1.807, 2.05) is 0 Å². The molecule has 5 heteroatoms. The molecule has 0 saturated heterocycles. The van der Waals surface area contributed by atoms with Crippen LogP contribution < -0.4 is 0 Å². The highest BCUT2D eigenvalue weighted by atomic mass is 16.4. The molecule has 4 fully saturated rings. The maximum atomic E-state index is 11.5. The van der Waals surface area contributed by atoms with E-state index in [4.69, 9.17) is 5.11 Å². The zero-order valence-corrected chi connectivity index (χ0v) is 18.3. The van der Waals surface area contributed by atoms with Crippen molar-refractivity contribution in [3.8, 4) is 0 Å². The lowest BCUT2D eigenvalue weighted by molar-refractivity contribution is -0.207. The molecule has 0 aromatic carbocycles. The predicted molar refractivity (Wildman–Crippen MR) is 110 cm³/mol. The Morgan fingerprint density at radius 2 is 1.76 bits per heavy atom. The fraction of sp³-hybridized carbons (Fsp3) is 0.958. The lowest BCUT2D eigenvalue weighted by Crippen LogP contribution is -2.62. The molecular formula is C24H40O5. The molecule has 0 radical (unpaired) electrons. The van der Waals surface area contributed by atoms with Crippen LogP contribution in [0.3, 0.4) is 0 Å². The fourth-order valence-electron chi connectivity index (χ4n) is 8.68. The molecule has 4 N–H and O–H groups in total. The molecule has 0 heterocycles. The van der Waals surface area contributed by atoms with Gasteiger partial charge >= 0.3 is 5.97 Å². The van der Waals surface area contributed by atoms with Crippen molar-refractivity contribution in [3.05, 3.63) is 0 Å². The van der Waals surface area contributed by atoms with Crippen molar-refractivity contribution in [2.24, 2.45) is 46.3 Å². The number of carboxylic acid groups (broad SMARTS) is 1. The highest BCUT2D eigenvalue weighted by Gasteiger charge is 2.65. The second kappa shape index (κ2) is 7.49. The Bertz CT molecular complexity index is 637. The number of aliphatic hydroxyl groups excluding tert-OH is 3. The van der Waals surface area contributed by atoms with Crippen LogP contribution in [-0.2, 0) is 4.79 Å². The Labute approximate surface area is 174 Å². The molecule has 0 aromatic heterocycles. The van der Waals surface area contributed by atoms with Crippen LogP contribution in [0.25, 0.3) is 0 Å². The number of carbonyl (C=O) groups is 1. The van der Waals surface area contributed by atoms with Crippen LogP contribution in [0.15, 0.2) is 0 Å². The average molecular weight is 409 g/mol. The van der Waals surface area contributed by atoms with Gasteiger partial charge in [-0.3, -0.25) is 4.79 Å². The fourth-order valence-corrected chi connectivity index (χ4v) is 8.68. The zero-order valence-electron chi connectivity index (χ0n) is 18.3. The van der Waals surface area contributed by atoms with E-state index in [1.54, 1.807) is 0 Å². The van der Waals surface area contributed by atoms with Crippen LogP contribution in [0.5, 0.6) is 0 Å². The summed E-state index contributed by atoms with van der Waals surface area (Å²) in [4.78, 5) is 11.1. The van der Waals surface area contributed by atoms with Gasteiger partial charge in [0.25, 0.3) is 0 Å². The molecule has 0 aromatic rings. The summed E-state index contributed by atoms with van der Waals surface area (Å²) in [5.74, 6) is 0.997. The summed E-state index contributed by atoms with van der Waals surface area (Å²) < 4.78 is 0. The Morgan fingerprint density at radius 1 is 1.03 bits per heavy atom. The number of hydrogen-bond donors (Lipinski definition) is 4. The largest absolute Gasteiger partial charge is 0.481 e. The first kappa shape index (κ1) is 21.6. The Balaban J connectivity index is 1.61. The van der Waals surface area contributed by atoms with Gasteiger partial charge in [0.05, 0.1) is 18.3 Å². The van der Waals surface area contributed by atoms with Gasteiger partial charge in [-0.15, -0.1) is 0 Å². The molecule has 11 atom stereocenters. The highest BCUT2D eigenvalue weighted by Crippen LogP contribution is 2.68. The molecule has 166 valence electrons. The number of aliphatic carboxylic acids is 1. The lowest BCUT2D eigenvalue weighted by Gasteiger charge is -2.63. The monoisotopic (exact) mass is 408 g/mol. The normalized spacial score (nSPS) is 52.9. The maximum absolute atomic E-state index is 11.5.